The second-order valence-electron chi connectivity index (χ2n) is 14.9. The second-order valence-corrected chi connectivity index (χ2v) is 14.9. The molecule has 0 aliphatic carbocycles. The molecule has 0 radical (unpaired) electrons. The standard InChI is InChI=1S/C56H38N2/c1-5-18-39(19-6-1)40-32-34-44(35-33-40)57(56-50-29-16-14-27-48(50)47-26-13-15-28-49(47)54(56)42-22-9-3-10-23-42)45-36-37-51-53(38-45)58(43-24-11-4-12-25-43)52-31-17-30-46(55(51)52)41-20-7-2-8-21-41/h1-38H. The first kappa shape index (κ1) is 33.6. The van der Waals surface area contributed by atoms with Crippen LogP contribution in [0, 0.1) is 0 Å². The number of anilines is 3. The molecule has 11 rings (SSSR count). The van der Waals surface area contributed by atoms with E-state index in [1.54, 1.807) is 0 Å². The highest BCUT2D eigenvalue weighted by Gasteiger charge is 2.25. The Balaban J connectivity index is 1.26. The van der Waals surface area contributed by atoms with E-state index < -0.39 is 0 Å². The van der Waals surface area contributed by atoms with Gasteiger partial charge >= 0.3 is 0 Å². The van der Waals surface area contributed by atoms with Crippen LogP contribution in [0.2, 0.25) is 0 Å². The van der Waals surface area contributed by atoms with Crippen LogP contribution in [0.5, 0.6) is 0 Å². The van der Waals surface area contributed by atoms with Gasteiger partial charge in [-0.1, -0.05) is 188 Å². The first-order chi connectivity index (χ1) is 28.8. The predicted molar refractivity (Wildman–Crippen MR) is 247 cm³/mol. The third kappa shape index (κ3) is 5.57. The molecule has 58 heavy (non-hydrogen) atoms. The van der Waals surface area contributed by atoms with Gasteiger partial charge < -0.3 is 9.47 Å². The van der Waals surface area contributed by atoms with Crippen LogP contribution in [0.3, 0.4) is 0 Å². The average molecular weight is 739 g/mol. The number of hydrogen-bond acceptors (Lipinski definition) is 1. The number of para-hydroxylation sites is 1. The number of aromatic nitrogens is 1. The van der Waals surface area contributed by atoms with Crippen LogP contribution in [0.4, 0.5) is 17.1 Å². The summed E-state index contributed by atoms with van der Waals surface area (Å²) in [5.41, 5.74) is 14.0. The lowest BCUT2D eigenvalue weighted by atomic mass is 9.90. The van der Waals surface area contributed by atoms with E-state index in [0.29, 0.717) is 0 Å². The Morgan fingerprint density at radius 3 is 1.50 bits per heavy atom. The van der Waals surface area contributed by atoms with Crippen molar-refractivity contribution in [2.45, 2.75) is 0 Å². The number of benzene rings is 10. The zero-order chi connectivity index (χ0) is 38.4. The van der Waals surface area contributed by atoms with Crippen LogP contribution in [0.15, 0.2) is 231 Å². The van der Waals surface area contributed by atoms with Crippen molar-refractivity contribution < 1.29 is 0 Å². The Kier molecular flexibility index (Phi) is 8.19. The molecule has 2 heteroatoms. The van der Waals surface area contributed by atoms with E-state index in [1.807, 2.05) is 0 Å². The molecule has 10 aromatic carbocycles. The zero-order valence-electron chi connectivity index (χ0n) is 31.8. The van der Waals surface area contributed by atoms with Gasteiger partial charge in [-0.25, -0.2) is 0 Å². The number of nitrogens with zero attached hydrogens (tertiary/aromatic N) is 2. The first-order valence-corrected chi connectivity index (χ1v) is 19.9. The maximum absolute atomic E-state index is 2.50. The zero-order valence-corrected chi connectivity index (χ0v) is 31.8. The molecule has 0 bridgehead atoms. The smallest absolute Gasteiger partial charge is 0.0624 e. The van der Waals surface area contributed by atoms with Gasteiger partial charge in [0.25, 0.3) is 0 Å². The Labute approximate surface area is 338 Å². The summed E-state index contributed by atoms with van der Waals surface area (Å²) in [6.07, 6.45) is 0. The van der Waals surface area contributed by atoms with Crippen molar-refractivity contribution in [2.24, 2.45) is 0 Å². The molecule has 11 aromatic rings. The highest BCUT2D eigenvalue weighted by Crippen LogP contribution is 2.50. The van der Waals surface area contributed by atoms with E-state index in [-0.39, 0.29) is 0 Å². The highest BCUT2D eigenvalue weighted by atomic mass is 15.1. The predicted octanol–water partition coefficient (Wildman–Crippen LogP) is 15.6. The lowest BCUT2D eigenvalue weighted by molar-refractivity contribution is 1.18. The summed E-state index contributed by atoms with van der Waals surface area (Å²) in [5.74, 6) is 0. The Morgan fingerprint density at radius 2 is 0.828 bits per heavy atom. The molecule has 2 nitrogen and oxygen atoms in total. The molecule has 1 aromatic heterocycles. The van der Waals surface area contributed by atoms with Crippen molar-refractivity contribution in [3.8, 4) is 39.1 Å². The molecular formula is C56H38N2. The van der Waals surface area contributed by atoms with Crippen molar-refractivity contribution >= 4 is 60.4 Å². The van der Waals surface area contributed by atoms with Crippen molar-refractivity contribution in [2.75, 3.05) is 4.90 Å². The summed E-state index contributed by atoms with van der Waals surface area (Å²) in [5, 5.41) is 7.36. The summed E-state index contributed by atoms with van der Waals surface area (Å²) in [7, 11) is 0. The molecule has 0 atom stereocenters. The van der Waals surface area contributed by atoms with Crippen molar-refractivity contribution in [3.05, 3.63) is 231 Å². The number of fused-ring (bicyclic) bond motifs is 6. The minimum atomic E-state index is 1.08. The normalized spacial score (nSPS) is 11.4. The van der Waals surface area contributed by atoms with E-state index in [4.69, 9.17) is 0 Å². The Hall–Kier alpha value is -7.68. The molecule has 0 aliphatic rings. The van der Waals surface area contributed by atoms with Gasteiger partial charge in [-0.15, -0.1) is 0 Å². The third-order valence-corrected chi connectivity index (χ3v) is 11.6. The Morgan fingerprint density at radius 1 is 0.310 bits per heavy atom. The summed E-state index contributed by atoms with van der Waals surface area (Å²) >= 11 is 0. The van der Waals surface area contributed by atoms with E-state index in [1.165, 1.54) is 71.2 Å². The Bertz CT molecular complexity index is 3240. The summed E-state index contributed by atoms with van der Waals surface area (Å²) in [6, 6.07) is 83.7. The van der Waals surface area contributed by atoms with Gasteiger partial charge in [0.1, 0.15) is 0 Å². The van der Waals surface area contributed by atoms with Gasteiger partial charge in [-0.3, -0.25) is 0 Å². The minimum absolute atomic E-state index is 1.08. The molecule has 0 spiro atoms. The first-order valence-electron chi connectivity index (χ1n) is 19.9. The number of rotatable bonds is 7. The van der Waals surface area contributed by atoms with Crippen LogP contribution < -0.4 is 4.90 Å². The van der Waals surface area contributed by atoms with Crippen LogP contribution in [-0.2, 0) is 0 Å². The fraction of sp³-hybridized carbons (Fsp3) is 0. The van der Waals surface area contributed by atoms with Gasteiger partial charge in [0.15, 0.2) is 0 Å². The number of hydrogen-bond donors (Lipinski definition) is 0. The molecule has 1 heterocycles. The van der Waals surface area contributed by atoms with Crippen molar-refractivity contribution in [1.82, 2.24) is 4.57 Å². The fourth-order valence-corrected chi connectivity index (χ4v) is 9.00. The van der Waals surface area contributed by atoms with Crippen molar-refractivity contribution in [3.63, 3.8) is 0 Å². The maximum Gasteiger partial charge on any atom is 0.0624 e. The van der Waals surface area contributed by atoms with Gasteiger partial charge in [0, 0.05) is 38.8 Å². The lowest BCUT2D eigenvalue weighted by Gasteiger charge is -2.31. The summed E-state index contributed by atoms with van der Waals surface area (Å²) in [6.45, 7) is 0. The van der Waals surface area contributed by atoms with Crippen LogP contribution in [-0.4, -0.2) is 4.57 Å². The monoisotopic (exact) mass is 738 g/mol. The molecule has 0 aliphatic heterocycles. The van der Waals surface area contributed by atoms with Gasteiger partial charge in [0.2, 0.25) is 0 Å². The summed E-state index contributed by atoms with van der Waals surface area (Å²) in [4.78, 5) is 2.50. The quantitative estimate of drug-likeness (QED) is 0.148. The molecule has 0 saturated heterocycles. The van der Waals surface area contributed by atoms with E-state index in [9.17, 15) is 0 Å². The molecule has 272 valence electrons. The lowest BCUT2D eigenvalue weighted by Crippen LogP contribution is -2.12. The maximum atomic E-state index is 2.50. The largest absolute Gasteiger partial charge is 0.309 e. The molecule has 0 saturated carbocycles. The summed E-state index contributed by atoms with van der Waals surface area (Å²) < 4.78 is 2.44. The fourth-order valence-electron chi connectivity index (χ4n) is 9.00. The topological polar surface area (TPSA) is 8.17 Å². The van der Waals surface area contributed by atoms with Crippen LogP contribution in [0.25, 0.3) is 82.4 Å². The van der Waals surface area contributed by atoms with E-state index in [0.717, 1.165) is 28.3 Å². The second kappa shape index (κ2) is 14.1. The molecular weight excluding hydrogens is 701 g/mol. The van der Waals surface area contributed by atoms with E-state index in [2.05, 4.69) is 240 Å². The van der Waals surface area contributed by atoms with Gasteiger partial charge in [-0.2, -0.15) is 0 Å². The molecule has 0 unspecified atom stereocenters. The van der Waals surface area contributed by atoms with E-state index >= 15 is 0 Å². The van der Waals surface area contributed by atoms with Gasteiger partial charge in [0.05, 0.1) is 16.7 Å². The van der Waals surface area contributed by atoms with Gasteiger partial charge in [-0.05, 0) is 86.4 Å². The third-order valence-electron chi connectivity index (χ3n) is 11.6. The SMILES string of the molecule is c1ccc(-c2ccc(N(c3ccc4c5c(-c6ccccc6)cccc5n(-c5ccccc5)c4c3)c3c(-c4ccccc4)c4ccccc4c4ccccc34)cc2)cc1. The molecule has 0 amide bonds. The average Bonchev–Trinajstić information content (AvgIpc) is 3.64. The van der Waals surface area contributed by atoms with Crippen molar-refractivity contribution in [1.29, 1.82) is 0 Å². The molecule has 0 N–H and O–H groups in total. The minimum Gasteiger partial charge on any atom is -0.309 e. The highest BCUT2D eigenvalue weighted by molar-refractivity contribution is 6.23. The van der Waals surface area contributed by atoms with Crippen LogP contribution in [0.1, 0.15) is 0 Å². The van der Waals surface area contributed by atoms with Crippen LogP contribution >= 0.6 is 0 Å². The molecule has 0 fully saturated rings.